The van der Waals surface area contributed by atoms with Crippen molar-refractivity contribution in [3.8, 4) is 16.9 Å². The third-order valence-electron chi connectivity index (χ3n) is 6.51. The van der Waals surface area contributed by atoms with E-state index in [0.717, 1.165) is 77.6 Å². The molecular formula is C28H26N4O3. The zero-order valence-electron chi connectivity index (χ0n) is 19.3. The molecule has 4 heterocycles. The van der Waals surface area contributed by atoms with Crippen molar-refractivity contribution in [3.05, 3.63) is 78.2 Å². The molecule has 0 unspecified atom stereocenters. The second-order valence-corrected chi connectivity index (χ2v) is 8.75. The summed E-state index contributed by atoms with van der Waals surface area (Å²) in [5.41, 5.74) is 6.26. The first-order valence-corrected chi connectivity index (χ1v) is 11.9. The summed E-state index contributed by atoms with van der Waals surface area (Å²) in [6.45, 7) is 5.03. The van der Waals surface area contributed by atoms with Gasteiger partial charge in [-0.2, -0.15) is 0 Å². The van der Waals surface area contributed by atoms with Crippen LogP contribution in [0.1, 0.15) is 11.3 Å². The number of nitrogens with zero attached hydrogens (tertiary/aromatic N) is 2. The van der Waals surface area contributed by atoms with Crippen LogP contribution in [0.25, 0.3) is 33.7 Å². The average Bonchev–Trinajstić information content (AvgIpc) is 3.44. The van der Waals surface area contributed by atoms with Crippen molar-refractivity contribution in [2.24, 2.45) is 0 Å². The number of carbonyl (C=O) groups is 1. The first kappa shape index (κ1) is 21.6. The topological polar surface area (TPSA) is 79.5 Å². The van der Waals surface area contributed by atoms with Crippen LogP contribution in [0.5, 0.6) is 5.75 Å². The van der Waals surface area contributed by atoms with E-state index in [1.54, 1.807) is 12.4 Å². The smallest absolute Gasteiger partial charge is 0.256 e. The highest BCUT2D eigenvalue weighted by molar-refractivity contribution is 6.36. The van der Waals surface area contributed by atoms with Crippen molar-refractivity contribution < 1.29 is 14.3 Å². The molecule has 0 saturated carbocycles. The lowest BCUT2D eigenvalue weighted by Gasteiger charge is -2.26. The first-order valence-electron chi connectivity index (χ1n) is 11.9. The number of benzene rings is 2. The molecule has 1 amide bonds. The standard InChI is InChI=1S/C28H26N4O3/c33-28-24(27-23(2-1-3-26(27)31-28)19-6-8-29-9-7-19)18-21-16-20-17-22(4-5-25(20)30-21)35-15-12-32-10-13-34-14-11-32/h1-9,16-18,30H,10-15H2,(H,31,33)/b24-18+. The number of amides is 1. The van der Waals surface area contributed by atoms with Crippen LogP contribution in [0.3, 0.4) is 0 Å². The van der Waals surface area contributed by atoms with Crippen molar-refractivity contribution in [1.29, 1.82) is 0 Å². The van der Waals surface area contributed by atoms with Gasteiger partial charge in [-0.05, 0) is 59.7 Å². The van der Waals surface area contributed by atoms with E-state index in [1.807, 2.05) is 54.6 Å². The van der Waals surface area contributed by atoms with Crippen LogP contribution >= 0.6 is 0 Å². The summed E-state index contributed by atoms with van der Waals surface area (Å²) < 4.78 is 11.4. The molecule has 2 N–H and O–H groups in total. The highest BCUT2D eigenvalue weighted by Gasteiger charge is 2.27. The molecule has 0 radical (unpaired) electrons. The molecular weight excluding hydrogens is 440 g/mol. The maximum absolute atomic E-state index is 12.9. The Morgan fingerprint density at radius 2 is 1.91 bits per heavy atom. The van der Waals surface area contributed by atoms with Gasteiger partial charge in [0.05, 0.1) is 18.8 Å². The summed E-state index contributed by atoms with van der Waals surface area (Å²) in [5.74, 6) is 0.736. The fraction of sp³-hybridized carbons (Fsp3) is 0.214. The summed E-state index contributed by atoms with van der Waals surface area (Å²) in [6.07, 6.45) is 5.45. The second kappa shape index (κ2) is 9.37. The molecule has 0 atom stereocenters. The Kier molecular flexibility index (Phi) is 5.78. The molecule has 2 aliphatic rings. The van der Waals surface area contributed by atoms with E-state index >= 15 is 0 Å². The van der Waals surface area contributed by atoms with Crippen LogP contribution in [0.15, 0.2) is 67.0 Å². The fourth-order valence-corrected chi connectivity index (χ4v) is 4.73. The van der Waals surface area contributed by atoms with Crippen LogP contribution in [0.2, 0.25) is 0 Å². The Balaban J connectivity index is 1.26. The van der Waals surface area contributed by atoms with Gasteiger partial charge in [-0.15, -0.1) is 0 Å². The predicted octanol–water partition coefficient (Wildman–Crippen LogP) is 4.43. The monoisotopic (exact) mass is 466 g/mol. The number of rotatable bonds is 6. The van der Waals surface area contributed by atoms with Gasteiger partial charge in [-0.1, -0.05) is 12.1 Å². The molecule has 2 aromatic heterocycles. The van der Waals surface area contributed by atoms with E-state index in [9.17, 15) is 4.79 Å². The Labute approximate surface area is 203 Å². The summed E-state index contributed by atoms with van der Waals surface area (Å²) >= 11 is 0. The second-order valence-electron chi connectivity index (χ2n) is 8.75. The van der Waals surface area contributed by atoms with Gasteiger partial charge in [0.2, 0.25) is 0 Å². The van der Waals surface area contributed by atoms with E-state index in [1.165, 1.54) is 0 Å². The van der Waals surface area contributed by atoms with Crippen molar-refractivity contribution in [2.75, 3.05) is 44.8 Å². The van der Waals surface area contributed by atoms with Gasteiger partial charge < -0.3 is 19.8 Å². The Bertz CT molecular complexity index is 1400. The number of aromatic amines is 1. The Morgan fingerprint density at radius 3 is 2.77 bits per heavy atom. The van der Waals surface area contributed by atoms with Crippen molar-refractivity contribution in [3.63, 3.8) is 0 Å². The number of ether oxygens (including phenoxy) is 2. The van der Waals surface area contributed by atoms with Gasteiger partial charge >= 0.3 is 0 Å². The van der Waals surface area contributed by atoms with Gasteiger partial charge in [-0.3, -0.25) is 14.7 Å². The van der Waals surface area contributed by atoms with Crippen LogP contribution in [-0.2, 0) is 9.53 Å². The Morgan fingerprint density at radius 1 is 1.06 bits per heavy atom. The minimum Gasteiger partial charge on any atom is -0.492 e. The fourth-order valence-electron chi connectivity index (χ4n) is 4.73. The van der Waals surface area contributed by atoms with E-state index in [-0.39, 0.29) is 5.91 Å². The van der Waals surface area contributed by atoms with Gasteiger partial charge in [0.25, 0.3) is 5.91 Å². The van der Waals surface area contributed by atoms with E-state index in [0.29, 0.717) is 12.2 Å². The lowest BCUT2D eigenvalue weighted by atomic mass is 9.95. The molecule has 7 nitrogen and oxygen atoms in total. The van der Waals surface area contributed by atoms with Crippen molar-refractivity contribution in [2.45, 2.75) is 0 Å². The number of fused-ring (bicyclic) bond motifs is 2. The minimum absolute atomic E-state index is 0.104. The van der Waals surface area contributed by atoms with Crippen molar-refractivity contribution >= 4 is 34.1 Å². The molecule has 7 heteroatoms. The van der Waals surface area contributed by atoms with Gasteiger partial charge in [0, 0.05) is 59.9 Å². The molecule has 1 fully saturated rings. The third kappa shape index (κ3) is 4.43. The third-order valence-corrected chi connectivity index (χ3v) is 6.51. The first-order chi connectivity index (χ1) is 17.2. The zero-order valence-corrected chi connectivity index (χ0v) is 19.3. The molecule has 176 valence electrons. The highest BCUT2D eigenvalue weighted by Crippen LogP contribution is 2.40. The van der Waals surface area contributed by atoms with E-state index < -0.39 is 0 Å². The zero-order chi connectivity index (χ0) is 23.6. The summed E-state index contributed by atoms with van der Waals surface area (Å²) in [7, 11) is 0. The van der Waals surface area contributed by atoms with Crippen LogP contribution in [-0.4, -0.2) is 60.2 Å². The average molecular weight is 467 g/mol. The minimum atomic E-state index is -0.104. The number of anilines is 1. The number of pyridine rings is 1. The lowest BCUT2D eigenvalue weighted by molar-refractivity contribution is -0.110. The molecule has 1 saturated heterocycles. The van der Waals surface area contributed by atoms with Crippen LogP contribution in [0.4, 0.5) is 5.69 Å². The number of aromatic nitrogens is 2. The normalized spacial score (nSPS) is 17.0. The maximum atomic E-state index is 12.9. The number of H-pyrrole nitrogens is 1. The maximum Gasteiger partial charge on any atom is 0.256 e. The molecule has 2 aliphatic heterocycles. The molecule has 2 aromatic carbocycles. The van der Waals surface area contributed by atoms with Gasteiger partial charge in [0.15, 0.2) is 0 Å². The summed E-state index contributed by atoms with van der Waals surface area (Å²) in [5, 5.41) is 4.05. The summed E-state index contributed by atoms with van der Waals surface area (Å²) in [6, 6.07) is 17.9. The number of morpholine rings is 1. The SMILES string of the molecule is O=C1Nc2cccc(-c3ccncc3)c2/C1=C\c1cc2cc(OCCN3CCOCC3)ccc2[nH]1. The molecule has 35 heavy (non-hydrogen) atoms. The van der Waals surface area contributed by atoms with Crippen LogP contribution in [0, 0.1) is 0 Å². The number of carbonyl (C=O) groups excluding carboxylic acids is 1. The molecule has 0 aliphatic carbocycles. The van der Waals surface area contributed by atoms with E-state index in [4.69, 9.17) is 9.47 Å². The van der Waals surface area contributed by atoms with Gasteiger partial charge in [-0.25, -0.2) is 0 Å². The molecule has 0 spiro atoms. The molecule has 6 rings (SSSR count). The van der Waals surface area contributed by atoms with Crippen molar-refractivity contribution in [1.82, 2.24) is 14.9 Å². The quantitative estimate of drug-likeness (QED) is 0.411. The molecule has 0 bridgehead atoms. The van der Waals surface area contributed by atoms with Gasteiger partial charge in [0.1, 0.15) is 12.4 Å². The Hall–Kier alpha value is -3.94. The largest absolute Gasteiger partial charge is 0.492 e. The molecule has 4 aromatic rings. The van der Waals surface area contributed by atoms with Crippen LogP contribution < -0.4 is 10.1 Å². The number of hydrogen-bond donors (Lipinski definition) is 2. The number of hydrogen-bond acceptors (Lipinski definition) is 5. The highest BCUT2D eigenvalue weighted by atomic mass is 16.5. The predicted molar refractivity (Wildman–Crippen MR) is 137 cm³/mol. The number of nitrogens with one attached hydrogen (secondary N) is 2. The van der Waals surface area contributed by atoms with E-state index in [2.05, 4.69) is 26.3 Å². The summed E-state index contributed by atoms with van der Waals surface area (Å²) in [4.78, 5) is 22.8. The lowest BCUT2D eigenvalue weighted by Crippen LogP contribution is -2.38.